The van der Waals surface area contributed by atoms with E-state index < -0.39 is 0 Å². The number of carbonyl (C=O) groups is 4. The minimum atomic E-state index is -0.194. The second-order valence-electron chi connectivity index (χ2n) is 23.5. The number of esters is 4. The van der Waals surface area contributed by atoms with Gasteiger partial charge in [-0.3, -0.25) is 19.2 Å². The van der Waals surface area contributed by atoms with Crippen LogP contribution in [0.3, 0.4) is 0 Å². The summed E-state index contributed by atoms with van der Waals surface area (Å²) < 4.78 is 22.5. The lowest BCUT2D eigenvalue weighted by atomic mass is 10.0. The van der Waals surface area contributed by atoms with Gasteiger partial charge in [-0.05, 0) is 95.4 Å². The molecule has 0 aromatic carbocycles. The first-order chi connectivity index (χ1) is 39.7. The predicted molar refractivity (Wildman–Crippen MR) is 373 cm³/mol. The van der Waals surface area contributed by atoms with Crippen LogP contribution in [0.2, 0.25) is 0 Å². The molecule has 0 radical (unpaired) electrons. The van der Waals surface area contributed by atoms with Gasteiger partial charge in [-0.1, -0.05) is 244 Å². The molecule has 0 amide bonds. The first kappa shape index (κ1) is 82.6. The number of ether oxygens (including phenoxy) is 4. The lowest BCUT2D eigenvalue weighted by Crippen LogP contribution is -2.34. The zero-order valence-corrected chi connectivity index (χ0v) is 60.2. The third kappa shape index (κ3) is 65.0. The van der Waals surface area contributed by atoms with Gasteiger partial charge < -0.3 is 33.6 Å². The second kappa shape index (κ2) is 63.1. The fourth-order valence-corrected chi connectivity index (χ4v) is 16.6. The first-order valence-corrected chi connectivity index (χ1v) is 42.4. The van der Waals surface area contributed by atoms with E-state index in [4.69, 9.17) is 18.9 Å². The van der Waals surface area contributed by atoms with Gasteiger partial charge in [0, 0.05) is 72.2 Å². The Kier molecular flexibility index (Phi) is 63.6. The molecule has 0 heterocycles. The highest BCUT2D eigenvalue weighted by atomic mass is 33.1. The van der Waals surface area contributed by atoms with Crippen LogP contribution in [0, 0.1) is 23.7 Å². The van der Waals surface area contributed by atoms with Crippen molar-refractivity contribution in [2.75, 3.05) is 132 Å². The van der Waals surface area contributed by atoms with Gasteiger partial charge in [-0.25, -0.2) is 0 Å². The summed E-state index contributed by atoms with van der Waals surface area (Å²) in [5, 5.41) is 0. The SMILES string of the molecule is CC(C)CCCCCCSSCCOC(=O)CCN(CCCN(C)CCCN(CCC(=O)OCCSSCCCCCCC(C)C)CCC(=O)OCCSSCCCCCCC(C)C)CCC(=O)OCCSSCCCCCCC(C)C. The van der Waals surface area contributed by atoms with Crippen molar-refractivity contribution in [3.63, 3.8) is 0 Å². The minimum Gasteiger partial charge on any atom is -0.465 e. The molecule has 0 saturated carbocycles. The lowest BCUT2D eigenvalue weighted by molar-refractivity contribution is -0.145. The Bertz CT molecular complexity index is 1250. The van der Waals surface area contributed by atoms with Crippen LogP contribution < -0.4 is 0 Å². The molecule has 0 aliphatic carbocycles. The smallest absolute Gasteiger partial charge is 0.307 e. The predicted octanol–water partition coefficient (Wildman–Crippen LogP) is 18.0. The van der Waals surface area contributed by atoms with Crippen LogP contribution in [0.25, 0.3) is 0 Å². The average molecular weight is 1310 g/mol. The fourth-order valence-electron chi connectivity index (χ4n) is 8.70. The molecule has 11 nitrogen and oxygen atoms in total. The molecule has 0 aliphatic rings. The van der Waals surface area contributed by atoms with Crippen LogP contribution >= 0.6 is 86.4 Å². The number of unbranched alkanes of at least 4 members (excludes halogenated alkanes) is 12. The molecule has 0 spiro atoms. The van der Waals surface area contributed by atoms with E-state index in [2.05, 4.69) is 77.1 Å². The zero-order valence-electron chi connectivity index (χ0n) is 53.7. The van der Waals surface area contributed by atoms with E-state index in [0.717, 1.165) is 109 Å². The average Bonchev–Trinajstić information content (AvgIpc) is 3.43. The summed E-state index contributed by atoms with van der Waals surface area (Å²) in [6, 6.07) is 0. The van der Waals surface area contributed by atoms with E-state index in [9.17, 15) is 19.2 Å². The van der Waals surface area contributed by atoms with Crippen LogP contribution in [0.4, 0.5) is 0 Å². The van der Waals surface area contributed by atoms with Gasteiger partial charge in [0.15, 0.2) is 0 Å². The maximum Gasteiger partial charge on any atom is 0.307 e. The third-order valence-electron chi connectivity index (χ3n) is 13.6. The van der Waals surface area contributed by atoms with Crippen molar-refractivity contribution in [3.05, 3.63) is 0 Å². The zero-order chi connectivity index (χ0) is 60.4. The molecular formula is C63H123N3O8S8. The molecule has 0 saturated heterocycles. The Morgan fingerprint density at radius 2 is 0.500 bits per heavy atom. The van der Waals surface area contributed by atoms with E-state index in [0.29, 0.717) is 52.6 Å². The molecule has 0 bridgehead atoms. The van der Waals surface area contributed by atoms with Crippen LogP contribution in [0.5, 0.6) is 0 Å². The van der Waals surface area contributed by atoms with Crippen molar-refractivity contribution in [1.82, 2.24) is 14.7 Å². The van der Waals surface area contributed by atoms with E-state index in [-0.39, 0.29) is 49.6 Å². The van der Waals surface area contributed by atoms with Crippen LogP contribution in [0.15, 0.2) is 0 Å². The summed E-state index contributed by atoms with van der Waals surface area (Å²) in [6.07, 6.45) is 28.8. The number of rotatable bonds is 64. The van der Waals surface area contributed by atoms with Crippen LogP contribution in [-0.2, 0) is 38.1 Å². The number of hydrogen-bond donors (Lipinski definition) is 0. The van der Waals surface area contributed by atoms with Gasteiger partial charge in [0.2, 0.25) is 0 Å². The maximum absolute atomic E-state index is 12.9. The van der Waals surface area contributed by atoms with Gasteiger partial charge in [0.1, 0.15) is 26.4 Å². The topological polar surface area (TPSA) is 115 Å². The van der Waals surface area contributed by atoms with Crippen molar-refractivity contribution in [2.45, 2.75) is 222 Å². The largest absolute Gasteiger partial charge is 0.465 e. The quantitative estimate of drug-likeness (QED) is 0.0249. The molecule has 0 N–H and O–H groups in total. The molecule has 0 rings (SSSR count). The van der Waals surface area contributed by atoms with Gasteiger partial charge in [0.25, 0.3) is 0 Å². The number of hydrogen-bond acceptors (Lipinski definition) is 19. The van der Waals surface area contributed by atoms with E-state index in [1.165, 1.54) is 128 Å². The summed E-state index contributed by atoms with van der Waals surface area (Å²) in [6.45, 7) is 25.3. The van der Waals surface area contributed by atoms with Crippen molar-refractivity contribution in [1.29, 1.82) is 0 Å². The molecule has 0 fully saturated rings. The van der Waals surface area contributed by atoms with Gasteiger partial charge >= 0.3 is 23.9 Å². The second-order valence-corrected chi connectivity index (χ2v) is 34.3. The summed E-state index contributed by atoms with van der Waals surface area (Å²) in [5.41, 5.74) is 0. The standard InChI is InChI=1S/C63H123N3O8S8/c1-56(2)28-18-10-14-22-48-75-79-52-44-71-60(67)32-40-65(41-33-61(68)72-45-53-80-76-49-23-15-11-19-29-57(3)4)38-26-36-64(9)37-27-39-66(42-34-62(69)73-46-54-81-77-50-24-16-12-20-30-58(5)6)43-35-63(70)74-47-55-82-78-51-25-17-13-21-31-59(7)8/h56-59H,10-55H2,1-9H3. The van der Waals surface area contributed by atoms with Crippen molar-refractivity contribution in [2.24, 2.45) is 23.7 Å². The molecule has 0 atom stereocenters. The van der Waals surface area contributed by atoms with Gasteiger partial charge in [0.05, 0.1) is 25.7 Å². The maximum atomic E-state index is 12.9. The van der Waals surface area contributed by atoms with Crippen LogP contribution in [-0.4, -0.2) is 170 Å². The van der Waals surface area contributed by atoms with Gasteiger partial charge in [-0.15, -0.1) is 0 Å². The third-order valence-corrected chi connectivity index (χ3v) is 23.5. The Labute approximate surface area is 536 Å². The highest BCUT2D eigenvalue weighted by Gasteiger charge is 2.16. The minimum absolute atomic E-state index is 0.194. The molecule has 0 aromatic rings. The Balaban J connectivity index is 5.08. The number of carbonyl (C=O) groups excluding carboxylic acids is 4. The normalized spacial score (nSPS) is 11.9. The lowest BCUT2D eigenvalue weighted by Gasteiger charge is -2.25. The van der Waals surface area contributed by atoms with E-state index in [1.54, 1.807) is 43.2 Å². The molecule has 82 heavy (non-hydrogen) atoms. The fraction of sp³-hybridized carbons (Fsp3) is 0.937. The van der Waals surface area contributed by atoms with Crippen molar-refractivity contribution < 1.29 is 38.1 Å². The molecule has 19 heteroatoms. The Morgan fingerprint density at radius 3 is 0.732 bits per heavy atom. The van der Waals surface area contributed by atoms with Crippen molar-refractivity contribution >= 4 is 110 Å². The monoisotopic (exact) mass is 1310 g/mol. The highest BCUT2D eigenvalue weighted by molar-refractivity contribution is 8.77. The highest BCUT2D eigenvalue weighted by Crippen LogP contribution is 2.26. The first-order valence-electron chi connectivity index (χ1n) is 32.4. The van der Waals surface area contributed by atoms with Gasteiger partial charge in [-0.2, -0.15) is 0 Å². The molecular weight excluding hydrogens is 1180 g/mol. The number of nitrogens with zero attached hydrogens (tertiary/aromatic N) is 3. The van der Waals surface area contributed by atoms with Crippen molar-refractivity contribution in [3.8, 4) is 0 Å². The molecule has 0 aliphatic heterocycles. The molecule has 486 valence electrons. The molecule has 0 unspecified atom stereocenters. The Hall–Kier alpha value is 0.560. The summed E-state index contributed by atoms with van der Waals surface area (Å²) >= 11 is 0. The molecule has 0 aromatic heterocycles. The van der Waals surface area contributed by atoms with E-state index in [1.807, 2.05) is 43.2 Å². The Morgan fingerprint density at radius 1 is 0.280 bits per heavy atom. The summed E-state index contributed by atoms with van der Waals surface area (Å²) in [5.74, 6) is 10.0. The van der Waals surface area contributed by atoms with E-state index >= 15 is 0 Å². The van der Waals surface area contributed by atoms with Crippen LogP contribution in [0.1, 0.15) is 222 Å². The summed E-state index contributed by atoms with van der Waals surface area (Å²) in [7, 11) is 16.8. The summed E-state index contributed by atoms with van der Waals surface area (Å²) in [4.78, 5) is 58.2.